The van der Waals surface area contributed by atoms with Gasteiger partial charge in [-0.15, -0.1) is 0 Å². The lowest BCUT2D eigenvalue weighted by Gasteiger charge is -2.30. The zero-order valence-electron chi connectivity index (χ0n) is 11.7. The van der Waals surface area contributed by atoms with Crippen LogP contribution in [-0.2, 0) is 23.0 Å². The van der Waals surface area contributed by atoms with E-state index in [-0.39, 0.29) is 12.3 Å². The summed E-state index contributed by atoms with van der Waals surface area (Å²) < 4.78 is 31.3. The van der Waals surface area contributed by atoms with Gasteiger partial charge in [-0.2, -0.15) is 0 Å². The summed E-state index contributed by atoms with van der Waals surface area (Å²) in [5, 5.41) is 0. The van der Waals surface area contributed by atoms with Gasteiger partial charge in [0.2, 0.25) is 15.9 Å². The fraction of sp³-hybridized carbons (Fsp3) is 0.267. The Morgan fingerprint density at radius 1 is 1.19 bits per heavy atom. The molecule has 0 atom stereocenters. The third kappa shape index (κ3) is 2.71. The zero-order chi connectivity index (χ0) is 14.9. The van der Waals surface area contributed by atoms with E-state index >= 15 is 0 Å². The number of aromatic nitrogens is 1. The maximum atomic E-state index is 12.4. The van der Waals surface area contributed by atoms with Crippen LogP contribution in [-0.4, -0.2) is 26.3 Å². The summed E-state index contributed by atoms with van der Waals surface area (Å²) in [7, 11) is -1.76. The molecule has 0 unspecified atom stereocenters. The van der Waals surface area contributed by atoms with Gasteiger partial charge >= 0.3 is 0 Å². The third-order valence-corrected chi connectivity index (χ3v) is 5.24. The molecule has 21 heavy (non-hydrogen) atoms. The Morgan fingerprint density at radius 3 is 2.81 bits per heavy atom. The van der Waals surface area contributed by atoms with Crippen molar-refractivity contribution in [2.75, 3.05) is 17.2 Å². The third-order valence-electron chi connectivity index (χ3n) is 3.52. The second-order valence-corrected chi connectivity index (χ2v) is 6.89. The fourth-order valence-corrected chi connectivity index (χ4v) is 3.96. The first kappa shape index (κ1) is 13.9. The van der Waals surface area contributed by atoms with Gasteiger partial charge in [0.25, 0.3) is 0 Å². The number of pyridine rings is 1. The number of ether oxygens (including phenoxy) is 1. The van der Waals surface area contributed by atoms with Crippen LogP contribution in [0.25, 0.3) is 0 Å². The Balaban J connectivity index is 1.99. The summed E-state index contributed by atoms with van der Waals surface area (Å²) in [5.74, 6) is 0.615. The van der Waals surface area contributed by atoms with Crippen LogP contribution in [0.5, 0.6) is 5.88 Å². The first-order valence-electron chi connectivity index (χ1n) is 6.68. The Hall–Kier alpha value is -2.08. The van der Waals surface area contributed by atoms with E-state index in [1.54, 1.807) is 19.2 Å². The van der Waals surface area contributed by atoms with Crippen molar-refractivity contribution in [2.24, 2.45) is 0 Å². The normalized spacial score (nSPS) is 16.3. The zero-order valence-corrected chi connectivity index (χ0v) is 12.5. The van der Waals surface area contributed by atoms with Gasteiger partial charge in [0, 0.05) is 6.07 Å². The van der Waals surface area contributed by atoms with Crippen LogP contribution in [0.4, 0.5) is 5.69 Å². The van der Waals surface area contributed by atoms with Crippen molar-refractivity contribution in [1.82, 2.24) is 4.98 Å². The molecule has 0 N–H and O–H groups in total. The lowest BCUT2D eigenvalue weighted by atomic mass is 10.1. The highest BCUT2D eigenvalue weighted by Crippen LogP contribution is 2.30. The summed E-state index contributed by atoms with van der Waals surface area (Å²) in [6, 6.07) is 12.9. The van der Waals surface area contributed by atoms with Crippen molar-refractivity contribution < 1.29 is 13.2 Å². The van der Waals surface area contributed by atoms with E-state index in [0.29, 0.717) is 18.0 Å². The number of hydrogen-bond acceptors (Lipinski definition) is 4. The second kappa shape index (κ2) is 5.37. The van der Waals surface area contributed by atoms with Crippen LogP contribution in [0.2, 0.25) is 0 Å². The highest BCUT2D eigenvalue weighted by molar-refractivity contribution is 7.92. The van der Waals surface area contributed by atoms with Gasteiger partial charge in [0.05, 0.1) is 30.8 Å². The molecule has 0 saturated carbocycles. The number of aryl methyl sites for hydroxylation is 1. The molecule has 2 aromatic rings. The van der Waals surface area contributed by atoms with Crippen LogP contribution < -0.4 is 9.04 Å². The van der Waals surface area contributed by atoms with Crippen molar-refractivity contribution in [3.8, 4) is 5.88 Å². The van der Waals surface area contributed by atoms with Gasteiger partial charge in [0.1, 0.15) is 0 Å². The minimum atomic E-state index is -3.30. The SMILES string of the molecule is COc1cccc(CN2c3ccccc3CCS2(=O)=O)n1. The van der Waals surface area contributed by atoms with Crippen molar-refractivity contribution in [3.63, 3.8) is 0 Å². The van der Waals surface area contributed by atoms with E-state index in [2.05, 4.69) is 4.98 Å². The number of hydrogen-bond donors (Lipinski definition) is 0. The van der Waals surface area contributed by atoms with E-state index in [1.807, 2.05) is 30.3 Å². The number of rotatable bonds is 3. The van der Waals surface area contributed by atoms with Gasteiger partial charge in [-0.25, -0.2) is 13.4 Å². The maximum absolute atomic E-state index is 12.4. The van der Waals surface area contributed by atoms with Gasteiger partial charge in [-0.3, -0.25) is 4.31 Å². The molecule has 110 valence electrons. The van der Waals surface area contributed by atoms with E-state index < -0.39 is 10.0 Å². The molecule has 0 fully saturated rings. The molecule has 1 aromatic heterocycles. The number of methoxy groups -OCH3 is 1. The molecule has 0 amide bonds. The number of anilines is 1. The van der Waals surface area contributed by atoms with Gasteiger partial charge in [-0.1, -0.05) is 24.3 Å². The standard InChI is InChI=1S/C15H16N2O3S/c1-20-15-8-4-6-13(16-15)11-17-14-7-3-2-5-12(14)9-10-21(17,18)19/h2-8H,9-11H2,1H3. The molecule has 6 heteroatoms. The van der Waals surface area contributed by atoms with Crippen molar-refractivity contribution >= 4 is 15.7 Å². The summed E-state index contributed by atoms with van der Waals surface area (Å²) in [6.45, 7) is 0.219. The molecule has 1 aliphatic heterocycles. The minimum absolute atomic E-state index is 0.133. The number of para-hydroxylation sites is 1. The first-order chi connectivity index (χ1) is 10.1. The Labute approximate surface area is 124 Å². The first-order valence-corrected chi connectivity index (χ1v) is 8.29. The topological polar surface area (TPSA) is 59.5 Å². The molecule has 1 aromatic carbocycles. The molecule has 2 heterocycles. The van der Waals surface area contributed by atoms with Crippen LogP contribution in [0, 0.1) is 0 Å². The van der Waals surface area contributed by atoms with Gasteiger partial charge in [0.15, 0.2) is 0 Å². The lowest BCUT2D eigenvalue weighted by Crippen LogP contribution is -2.37. The van der Waals surface area contributed by atoms with E-state index in [0.717, 1.165) is 11.3 Å². The minimum Gasteiger partial charge on any atom is -0.481 e. The monoisotopic (exact) mass is 304 g/mol. The van der Waals surface area contributed by atoms with Crippen LogP contribution >= 0.6 is 0 Å². The molecule has 1 aliphatic rings. The number of fused-ring (bicyclic) bond motifs is 1. The summed E-state index contributed by atoms with van der Waals surface area (Å²) >= 11 is 0. The van der Waals surface area contributed by atoms with Crippen LogP contribution in [0.1, 0.15) is 11.3 Å². The van der Waals surface area contributed by atoms with Gasteiger partial charge < -0.3 is 4.74 Å². The van der Waals surface area contributed by atoms with E-state index in [9.17, 15) is 8.42 Å². The van der Waals surface area contributed by atoms with Crippen molar-refractivity contribution in [2.45, 2.75) is 13.0 Å². The van der Waals surface area contributed by atoms with E-state index in [1.165, 1.54) is 4.31 Å². The quantitative estimate of drug-likeness (QED) is 0.870. The van der Waals surface area contributed by atoms with Crippen LogP contribution in [0.15, 0.2) is 42.5 Å². The Kier molecular flexibility index (Phi) is 3.55. The van der Waals surface area contributed by atoms with Crippen molar-refractivity contribution in [1.29, 1.82) is 0 Å². The highest BCUT2D eigenvalue weighted by atomic mass is 32.2. The largest absolute Gasteiger partial charge is 0.481 e. The lowest BCUT2D eigenvalue weighted by molar-refractivity contribution is 0.396. The summed E-state index contributed by atoms with van der Waals surface area (Å²) in [5.41, 5.74) is 2.46. The molecule has 0 aliphatic carbocycles. The molecular weight excluding hydrogens is 288 g/mol. The number of nitrogens with zero attached hydrogens (tertiary/aromatic N) is 2. The summed E-state index contributed by atoms with van der Waals surface area (Å²) in [4.78, 5) is 4.30. The molecule has 0 saturated heterocycles. The Bertz CT molecular complexity index is 759. The maximum Gasteiger partial charge on any atom is 0.235 e. The predicted octanol–water partition coefficient (Wildman–Crippen LogP) is 1.98. The average Bonchev–Trinajstić information content (AvgIpc) is 2.50. The smallest absolute Gasteiger partial charge is 0.235 e. The fourth-order valence-electron chi connectivity index (χ4n) is 2.45. The molecule has 0 radical (unpaired) electrons. The Morgan fingerprint density at radius 2 is 2.00 bits per heavy atom. The number of sulfonamides is 1. The predicted molar refractivity (Wildman–Crippen MR) is 80.9 cm³/mol. The van der Waals surface area contributed by atoms with Crippen molar-refractivity contribution in [3.05, 3.63) is 53.7 Å². The molecule has 3 rings (SSSR count). The highest BCUT2D eigenvalue weighted by Gasteiger charge is 2.29. The van der Waals surface area contributed by atoms with Crippen LogP contribution in [0.3, 0.4) is 0 Å². The molecular formula is C15H16N2O3S. The second-order valence-electron chi connectivity index (χ2n) is 4.87. The van der Waals surface area contributed by atoms with E-state index in [4.69, 9.17) is 4.74 Å². The summed E-state index contributed by atoms with van der Waals surface area (Å²) in [6.07, 6.45) is 0.556. The average molecular weight is 304 g/mol. The van der Waals surface area contributed by atoms with Gasteiger partial charge in [-0.05, 0) is 24.1 Å². The molecule has 5 nitrogen and oxygen atoms in total. The molecule has 0 bridgehead atoms. The number of benzene rings is 1. The molecule has 0 spiro atoms.